The maximum atomic E-state index is 12.0. The summed E-state index contributed by atoms with van der Waals surface area (Å²) in [6.07, 6.45) is 2.95. The molecule has 4 nitrogen and oxygen atoms in total. The molecule has 2 rings (SSSR count). The largest absolute Gasteiger partial charge is 0.452 e. The number of anilines is 1. The summed E-state index contributed by atoms with van der Waals surface area (Å²) in [6, 6.07) is 11.5. The van der Waals surface area contributed by atoms with Gasteiger partial charge in [0.2, 0.25) is 0 Å². The van der Waals surface area contributed by atoms with Crippen LogP contribution in [0.25, 0.3) is 6.08 Å². The molecule has 0 aromatic heterocycles. The van der Waals surface area contributed by atoms with Crippen LogP contribution < -0.4 is 5.32 Å². The number of halogens is 2. The Labute approximate surface area is 163 Å². The van der Waals surface area contributed by atoms with Crippen molar-refractivity contribution in [2.75, 3.05) is 11.9 Å². The Kier molecular flexibility index (Phi) is 6.96. The maximum Gasteiger partial charge on any atom is 0.331 e. The van der Waals surface area contributed by atoms with Crippen LogP contribution in [0.4, 0.5) is 5.69 Å². The molecule has 130 valence electrons. The summed E-state index contributed by atoms with van der Waals surface area (Å²) >= 11 is 6.80. The first-order valence-electron chi connectivity index (χ1n) is 7.52. The number of hydrogen-bond donors (Lipinski definition) is 1. The highest BCUT2D eigenvalue weighted by Gasteiger charge is 2.11. The van der Waals surface area contributed by atoms with Crippen LogP contribution in [-0.2, 0) is 14.3 Å². The Bertz CT molecular complexity index is 791. The molecule has 0 saturated carbocycles. The molecule has 25 heavy (non-hydrogen) atoms. The van der Waals surface area contributed by atoms with Crippen LogP contribution in [0, 0.1) is 13.8 Å². The Hall–Kier alpha value is -1.92. The van der Waals surface area contributed by atoms with E-state index in [1.807, 2.05) is 50.2 Å². The lowest BCUT2D eigenvalue weighted by molar-refractivity contribution is -0.142. The molecule has 0 aliphatic rings. The molecular weight excluding hydrogens is 450 g/mol. The van der Waals surface area contributed by atoms with Gasteiger partial charge in [-0.1, -0.05) is 29.8 Å². The van der Waals surface area contributed by atoms with Gasteiger partial charge < -0.3 is 10.1 Å². The molecule has 0 fully saturated rings. The molecule has 0 unspecified atom stereocenters. The molecule has 0 radical (unpaired) electrons. The second-order valence-corrected chi connectivity index (χ2v) is 7.21. The second kappa shape index (κ2) is 8.97. The lowest BCUT2D eigenvalue weighted by Crippen LogP contribution is -2.20. The number of benzene rings is 2. The SMILES string of the molecule is Cc1ccc(/C=C/C(=O)OCC(=O)Nc2c(Br)cc(C)cc2Br)cc1. The number of ether oxygens (including phenoxy) is 1. The summed E-state index contributed by atoms with van der Waals surface area (Å²) in [7, 11) is 0. The van der Waals surface area contributed by atoms with E-state index in [2.05, 4.69) is 37.2 Å². The van der Waals surface area contributed by atoms with Gasteiger partial charge in [-0.15, -0.1) is 0 Å². The fraction of sp³-hybridized carbons (Fsp3) is 0.158. The lowest BCUT2D eigenvalue weighted by atomic mass is 10.1. The summed E-state index contributed by atoms with van der Waals surface area (Å²) in [4.78, 5) is 23.7. The van der Waals surface area contributed by atoms with Gasteiger partial charge in [-0.25, -0.2) is 4.79 Å². The minimum absolute atomic E-state index is 0.357. The minimum Gasteiger partial charge on any atom is -0.452 e. The van der Waals surface area contributed by atoms with Crippen molar-refractivity contribution in [3.8, 4) is 0 Å². The zero-order valence-corrected chi connectivity index (χ0v) is 17.0. The predicted octanol–water partition coefficient (Wildman–Crippen LogP) is 5.02. The van der Waals surface area contributed by atoms with Crippen LogP contribution in [0.2, 0.25) is 0 Å². The quantitative estimate of drug-likeness (QED) is 0.497. The van der Waals surface area contributed by atoms with Crippen molar-refractivity contribution >= 4 is 55.5 Å². The number of rotatable bonds is 5. The lowest BCUT2D eigenvalue weighted by Gasteiger charge is -2.10. The van der Waals surface area contributed by atoms with Crippen molar-refractivity contribution in [3.05, 3.63) is 68.1 Å². The van der Waals surface area contributed by atoms with E-state index in [1.54, 1.807) is 6.08 Å². The van der Waals surface area contributed by atoms with Crippen molar-refractivity contribution < 1.29 is 14.3 Å². The Balaban J connectivity index is 1.87. The second-order valence-electron chi connectivity index (χ2n) is 5.50. The summed E-state index contributed by atoms with van der Waals surface area (Å²) in [6.45, 7) is 3.58. The minimum atomic E-state index is -0.572. The van der Waals surface area contributed by atoms with E-state index in [4.69, 9.17) is 4.74 Å². The number of carbonyl (C=O) groups is 2. The highest BCUT2D eigenvalue weighted by molar-refractivity contribution is 9.11. The maximum absolute atomic E-state index is 12.0. The molecule has 0 atom stereocenters. The molecule has 0 heterocycles. The molecule has 2 aromatic rings. The van der Waals surface area contributed by atoms with E-state index in [1.165, 1.54) is 6.08 Å². The molecule has 1 amide bonds. The number of nitrogens with one attached hydrogen (secondary N) is 1. The number of esters is 1. The predicted molar refractivity (Wildman–Crippen MR) is 106 cm³/mol. The monoisotopic (exact) mass is 465 g/mol. The summed E-state index contributed by atoms with van der Waals surface area (Å²) in [5, 5.41) is 2.71. The van der Waals surface area contributed by atoms with Crippen LogP contribution in [-0.4, -0.2) is 18.5 Å². The van der Waals surface area contributed by atoms with E-state index in [0.717, 1.165) is 25.6 Å². The van der Waals surface area contributed by atoms with Gasteiger partial charge in [-0.3, -0.25) is 4.79 Å². The fourth-order valence-corrected chi connectivity index (χ4v) is 3.64. The van der Waals surface area contributed by atoms with Crippen molar-refractivity contribution in [1.29, 1.82) is 0 Å². The summed E-state index contributed by atoms with van der Waals surface area (Å²) < 4.78 is 6.45. The van der Waals surface area contributed by atoms with Crippen molar-refractivity contribution in [3.63, 3.8) is 0 Å². The Morgan fingerprint density at radius 2 is 1.64 bits per heavy atom. The standard InChI is InChI=1S/C19H17Br2NO3/c1-12-3-5-14(6-4-12)7-8-18(24)25-11-17(23)22-19-15(20)9-13(2)10-16(19)21/h3-10H,11H2,1-2H3,(H,22,23)/b8-7+. The third kappa shape index (κ3) is 6.14. The molecule has 0 saturated heterocycles. The van der Waals surface area contributed by atoms with Crippen molar-refractivity contribution in [1.82, 2.24) is 0 Å². The fourth-order valence-electron chi connectivity index (χ4n) is 2.02. The third-order valence-electron chi connectivity index (χ3n) is 3.29. The Morgan fingerprint density at radius 3 is 2.24 bits per heavy atom. The van der Waals surface area contributed by atoms with Gasteiger partial charge in [0.05, 0.1) is 5.69 Å². The molecule has 0 aliphatic carbocycles. The van der Waals surface area contributed by atoms with E-state index < -0.39 is 11.9 Å². The highest BCUT2D eigenvalue weighted by atomic mass is 79.9. The van der Waals surface area contributed by atoms with Crippen LogP contribution in [0.15, 0.2) is 51.4 Å². The van der Waals surface area contributed by atoms with Crippen molar-refractivity contribution in [2.24, 2.45) is 0 Å². The van der Waals surface area contributed by atoms with E-state index in [0.29, 0.717) is 5.69 Å². The Morgan fingerprint density at radius 1 is 1.04 bits per heavy atom. The molecule has 0 spiro atoms. The topological polar surface area (TPSA) is 55.4 Å². The molecule has 0 aliphatic heterocycles. The first kappa shape index (κ1) is 19.4. The van der Waals surface area contributed by atoms with Gasteiger partial charge in [0.1, 0.15) is 0 Å². The van der Waals surface area contributed by atoms with Gasteiger partial charge in [0, 0.05) is 15.0 Å². The number of hydrogen-bond acceptors (Lipinski definition) is 3. The van der Waals surface area contributed by atoms with E-state index >= 15 is 0 Å². The molecule has 2 aromatic carbocycles. The van der Waals surface area contributed by atoms with Crippen LogP contribution in [0.5, 0.6) is 0 Å². The number of amides is 1. The highest BCUT2D eigenvalue weighted by Crippen LogP contribution is 2.32. The van der Waals surface area contributed by atoms with Gasteiger partial charge >= 0.3 is 5.97 Å². The normalized spacial score (nSPS) is 10.7. The first-order chi connectivity index (χ1) is 11.8. The van der Waals surface area contributed by atoms with Crippen LogP contribution in [0.3, 0.4) is 0 Å². The zero-order valence-electron chi connectivity index (χ0n) is 13.8. The van der Waals surface area contributed by atoms with Gasteiger partial charge in [-0.2, -0.15) is 0 Å². The molecule has 0 bridgehead atoms. The number of aryl methyl sites for hydroxylation is 2. The average Bonchev–Trinajstić information content (AvgIpc) is 2.55. The van der Waals surface area contributed by atoms with Crippen LogP contribution >= 0.6 is 31.9 Å². The van der Waals surface area contributed by atoms with Crippen molar-refractivity contribution in [2.45, 2.75) is 13.8 Å². The summed E-state index contributed by atoms with van der Waals surface area (Å²) in [5.74, 6) is -0.986. The van der Waals surface area contributed by atoms with Gasteiger partial charge in [0.25, 0.3) is 5.91 Å². The van der Waals surface area contributed by atoms with Gasteiger partial charge in [0.15, 0.2) is 6.61 Å². The smallest absolute Gasteiger partial charge is 0.331 e. The summed E-state index contributed by atoms with van der Waals surface area (Å²) in [5.41, 5.74) is 3.68. The average molecular weight is 467 g/mol. The van der Waals surface area contributed by atoms with Gasteiger partial charge in [-0.05, 0) is 75.0 Å². The van der Waals surface area contributed by atoms with Crippen LogP contribution in [0.1, 0.15) is 16.7 Å². The first-order valence-corrected chi connectivity index (χ1v) is 9.11. The number of carbonyl (C=O) groups excluding carboxylic acids is 2. The molecule has 6 heteroatoms. The molecule has 1 N–H and O–H groups in total. The zero-order chi connectivity index (χ0) is 18.4. The van der Waals surface area contributed by atoms with E-state index in [9.17, 15) is 9.59 Å². The third-order valence-corrected chi connectivity index (χ3v) is 4.54. The van der Waals surface area contributed by atoms with E-state index in [-0.39, 0.29) is 6.61 Å². The molecular formula is C19H17Br2NO3.